The molecule has 1 heterocycles. The summed E-state index contributed by atoms with van der Waals surface area (Å²) in [4.78, 5) is 28.6. The van der Waals surface area contributed by atoms with E-state index in [2.05, 4.69) is 39.9 Å². The quantitative estimate of drug-likeness (QED) is 0.636. The van der Waals surface area contributed by atoms with Gasteiger partial charge in [-0.3, -0.25) is 4.79 Å². The highest BCUT2D eigenvalue weighted by atomic mass is 16.5. The SMILES string of the molecule is COC(=O)c1ccccc1NC(=O)c1ccc(NCc2ccc(C)cc2)nc1. The number of anilines is 2. The molecule has 2 aromatic carbocycles. The number of amides is 1. The molecule has 1 amide bonds. The van der Waals surface area contributed by atoms with Crippen molar-refractivity contribution in [3.05, 3.63) is 89.1 Å². The summed E-state index contributed by atoms with van der Waals surface area (Å²) in [5.41, 5.74) is 3.43. The first-order chi connectivity index (χ1) is 13.6. The van der Waals surface area contributed by atoms with E-state index in [1.165, 1.54) is 18.9 Å². The molecule has 0 bridgehead atoms. The Kier molecular flexibility index (Phi) is 6.01. The third-order valence-electron chi connectivity index (χ3n) is 4.20. The molecule has 6 heteroatoms. The smallest absolute Gasteiger partial charge is 0.339 e. The summed E-state index contributed by atoms with van der Waals surface area (Å²) in [5.74, 6) is -0.189. The van der Waals surface area contributed by atoms with Crippen LogP contribution in [0.4, 0.5) is 11.5 Å². The van der Waals surface area contributed by atoms with Crippen LogP contribution >= 0.6 is 0 Å². The number of hydrogen-bond donors (Lipinski definition) is 2. The summed E-state index contributed by atoms with van der Waals surface area (Å²) in [7, 11) is 1.30. The average molecular weight is 375 g/mol. The first-order valence-electron chi connectivity index (χ1n) is 8.81. The van der Waals surface area contributed by atoms with Gasteiger partial charge in [-0.2, -0.15) is 0 Å². The highest BCUT2D eigenvalue weighted by Crippen LogP contribution is 2.17. The minimum Gasteiger partial charge on any atom is -0.465 e. The lowest BCUT2D eigenvalue weighted by Gasteiger charge is -2.10. The first-order valence-corrected chi connectivity index (χ1v) is 8.81. The van der Waals surface area contributed by atoms with E-state index in [0.717, 1.165) is 5.56 Å². The molecule has 3 aromatic rings. The Labute approximate surface area is 163 Å². The summed E-state index contributed by atoms with van der Waals surface area (Å²) in [6, 6.07) is 18.3. The van der Waals surface area contributed by atoms with Crippen LogP contribution in [0, 0.1) is 6.92 Å². The zero-order valence-electron chi connectivity index (χ0n) is 15.7. The van der Waals surface area contributed by atoms with Gasteiger partial charge in [-0.25, -0.2) is 9.78 Å². The van der Waals surface area contributed by atoms with E-state index < -0.39 is 5.97 Å². The van der Waals surface area contributed by atoms with Crippen molar-refractivity contribution in [1.29, 1.82) is 0 Å². The van der Waals surface area contributed by atoms with Gasteiger partial charge in [0.25, 0.3) is 5.91 Å². The monoisotopic (exact) mass is 375 g/mol. The molecule has 142 valence electrons. The lowest BCUT2D eigenvalue weighted by molar-refractivity contribution is 0.0602. The van der Waals surface area contributed by atoms with E-state index in [4.69, 9.17) is 4.74 Å². The van der Waals surface area contributed by atoms with Crippen LogP contribution in [-0.4, -0.2) is 24.0 Å². The van der Waals surface area contributed by atoms with Gasteiger partial charge < -0.3 is 15.4 Å². The number of aromatic nitrogens is 1. The van der Waals surface area contributed by atoms with E-state index in [1.807, 2.05) is 6.92 Å². The molecule has 28 heavy (non-hydrogen) atoms. The van der Waals surface area contributed by atoms with Gasteiger partial charge in [0.15, 0.2) is 0 Å². The number of ether oxygens (including phenoxy) is 1. The second-order valence-electron chi connectivity index (χ2n) is 6.26. The lowest BCUT2D eigenvalue weighted by Crippen LogP contribution is -2.15. The average Bonchev–Trinajstić information content (AvgIpc) is 2.73. The third kappa shape index (κ3) is 4.73. The van der Waals surface area contributed by atoms with Gasteiger partial charge in [0.05, 0.1) is 23.9 Å². The zero-order chi connectivity index (χ0) is 19.9. The largest absolute Gasteiger partial charge is 0.465 e. The van der Waals surface area contributed by atoms with Crippen molar-refractivity contribution in [3.63, 3.8) is 0 Å². The van der Waals surface area contributed by atoms with Crippen LogP contribution in [0.2, 0.25) is 0 Å². The van der Waals surface area contributed by atoms with E-state index in [9.17, 15) is 9.59 Å². The topological polar surface area (TPSA) is 80.3 Å². The molecule has 0 fully saturated rings. The predicted molar refractivity (Wildman–Crippen MR) is 108 cm³/mol. The number of esters is 1. The standard InChI is InChI=1S/C22H21N3O3/c1-15-7-9-16(10-8-15)13-23-20-12-11-17(14-24-20)21(26)25-19-6-4-3-5-18(19)22(27)28-2/h3-12,14H,13H2,1-2H3,(H,23,24)(H,25,26). The summed E-state index contributed by atoms with van der Waals surface area (Å²) in [5, 5.41) is 5.95. The van der Waals surface area contributed by atoms with Crippen molar-refractivity contribution in [3.8, 4) is 0 Å². The Hall–Kier alpha value is -3.67. The fourth-order valence-electron chi connectivity index (χ4n) is 2.61. The summed E-state index contributed by atoms with van der Waals surface area (Å²) in [6.07, 6.45) is 1.49. The van der Waals surface area contributed by atoms with Gasteiger partial charge in [0, 0.05) is 12.7 Å². The van der Waals surface area contributed by atoms with Crippen molar-refractivity contribution >= 4 is 23.4 Å². The molecule has 0 spiro atoms. The molecule has 2 N–H and O–H groups in total. The highest BCUT2D eigenvalue weighted by molar-refractivity contribution is 6.07. The number of rotatable bonds is 6. The molecular formula is C22H21N3O3. The van der Waals surface area contributed by atoms with Crippen LogP contribution < -0.4 is 10.6 Å². The van der Waals surface area contributed by atoms with Crippen LogP contribution in [0.15, 0.2) is 66.9 Å². The second kappa shape index (κ2) is 8.81. The van der Waals surface area contributed by atoms with Gasteiger partial charge in [-0.15, -0.1) is 0 Å². The van der Waals surface area contributed by atoms with E-state index in [0.29, 0.717) is 29.2 Å². The van der Waals surface area contributed by atoms with E-state index in [1.54, 1.807) is 36.4 Å². The van der Waals surface area contributed by atoms with Crippen LogP contribution in [-0.2, 0) is 11.3 Å². The van der Waals surface area contributed by atoms with Crippen molar-refractivity contribution in [2.45, 2.75) is 13.5 Å². The van der Waals surface area contributed by atoms with E-state index >= 15 is 0 Å². The number of nitrogens with one attached hydrogen (secondary N) is 2. The Balaban J connectivity index is 1.64. The number of aryl methyl sites for hydroxylation is 1. The molecule has 0 aliphatic carbocycles. The fourth-order valence-corrected chi connectivity index (χ4v) is 2.61. The number of methoxy groups -OCH3 is 1. The van der Waals surface area contributed by atoms with Crippen LogP contribution in [0.1, 0.15) is 31.8 Å². The normalized spacial score (nSPS) is 10.2. The Bertz CT molecular complexity index is 967. The van der Waals surface area contributed by atoms with Gasteiger partial charge >= 0.3 is 5.97 Å². The molecule has 1 aromatic heterocycles. The third-order valence-corrected chi connectivity index (χ3v) is 4.20. The number of carbonyl (C=O) groups excluding carboxylic acids is 2. The maximum absolute atomic E-state index is 12.5. The maximum Gasteiger partial charge on any atom is 0.339 e. The number of para-hydroxylation sites is 1. The predicted octanol–water partition coefficient (Wildman–Crippen LogP) is 4.04. The van der Waals surface area contributed by atoms with Crippen molar-refractivity contribution in [1.82, 2.24) is 4.98 Å². The van der Waals surface area contributed by atoms with Crippen molar-refractivity contribution in [2.24, 2.45) is 0 Å². The van der Waals surface area contributed by atoms with Gasteiger partial charge in [-0.05, 0) is 36.8 Å². The molecule has 0 saturated heterocycles. The number of carbonyl (C=O) groups is 2. The zero-order valence-corrected chi connectivity index (χ0v) is 15.7. The molecule has 0 aliphatic rings. The van der Waals surface area contributed by atoms with Crippen LogP contribution in [0.3, 0.4) is 0 Å². The molecular weight excluding hydrogens is 354 g/mol. The molecule has 0 unspecified atom stereocenters. The minimum atomic E-state index is -0.510. The van der Waals surface area contributed by atoms with Crippen LogP contribution in [0.5, 0.6) is 0 Å². The molecule has 0 atom stereocenters. The number of benzene rings is 2. The highest BCUT2D eigenvalue weighted by Gasteiger charge is 2.14. The summed E-state index contributed by atoms with van der Waals surface area (Å²) < 4.78 is 4.74. The summed E-state index contributed by atoms with van der Waals surface area (Å²) in [6.45, 7) is 2.69. The van der Waals surface area contributed by atoms with Gasteiger partial charge in [0.1, 0.15) is 5.82 Å². The van der Waals surface area contributed by atoms with E-state index in [-0.39, 0.29) is 5.91 Å². The van der Waals surface area contributed by atoms with Crippen molar-refractivity contribution < 1.29 is 14.3 Å². The van der Waals surface area contributed by atoms with Gasteiger partial charge in [0.2, 0.25) is 0 Å². The van der Waals surface area contributed by atoms with Gasteiger partial charge in [-0.1, -0.05) is 42.0 Å². The second-order valence-corrected chi connectivity index (χ2v) is 6.26. The number of hydrogen-bond acceptors (Lipinski definition) is 5. The minimum absolute atomic E-state index is 0.294. The molecule has 0 aliphatic heterocycles. The molecule has 3 rings (SSSR count). The Morgan fingerprint density at radius 2 is 1.75 bits per heavy atom. The molecule has 6 nitrogen and oxygen atoms in total. The first kappa shape index (κ1) is 19.1. The number of pyridine rings is 1. The fraction of sp³-hybridized carbons (Fsp3) is 0.136. The maximum atomic E-state index is 12.5. The Morgan fingerprint density at radius 1 is 1.00 bits per heavy atom. The number of nitrogens with zero attached hydrogens (tertiary/aromatic N) is 1. The molecule has 0 saturated carbocycles. The molecule has 0 radical (unpaired) electrons. The Morgan fingerprint density at radius 3 is 2.43 bits per heavy atom. The van der Waals surface area contributed by atoms with Crippen molar-refractivity contribution in [2.75, 3.05) is 17.7 Å². The lowest BCUT2D eigenvalue weighted by atomic mass is 10.1. The van der Waals surface area contributed by atoms with Crippen LogP contribution in [0.25, 0.3) is 0 Å². The summed E-state index contributed by atoms with van der Waals surface area (Å²) >= 11 is 0.